The summed E-state index contributed by atoms with van der Waals surface area (Å²) in [6.45, 7) is 0.577. The fourth-order valence-corrected chi connectivity index (χ4v) is 3.25. The first kappa shape index (κ1) is 18.1. The maximum atomic E-state index is 12.3. The van der Waals surface area contributed by atoms with E-state index >= 15 is 0 Å². The number of rotatable bonds is 7. The number of carbonyl (C=O) groups is 2. The Morgan fingerprint density at radius 3 is 2.35 bits per heavy atom. The summed E-state index contributed by atoms with van der Waals surface area (Å²) < 4.78 is 0. The van der Waals surface area contributed by atoms with Crippen LogP contribution in [0.1, 0.15) is 58.6 Å². The zero-order valence-electron chi connectivity index (χ0n) is 14.9. The number of hydrogen-bond donors (Lipinski definition) is 2. The van der Waals surface area contributed by atoms with Crippen molar-refractivity contribution in [1.82, 2.24) is 15.6 Å². The van der Waals surface area contributed by atoms with Crippen molar-refractivity contribution in [3.05, 3.63) is 65.5 Å². The molecule has 5 nitrogen and oxygen atoms in total. The highest BCUT2D eigenvalue weighted by atomic mass is 16.2. The van der Waals surface area contributed by atoms with E-state index in [0.29, 0.717) is 12.2 Å². The van der Waals surface area contributed by atoms with Crippen molar-refractivity contribution >= 4 is 11.8 Å². The van der Waals surface area contributed by atoms with E-state index in [0.717, 1.165) is 38.5 Å². The molecule has 3 rings (SSSR count). The summed E-state index contributed by atoms with van der Waals surface area (Å²) >= 11 is 0. The molecule has 1 aliphatic rings. The van der Waals surface area contributed by atoms with E-state index in [-0.39, 0.29) is 23.6 Å². The van der Waals surface area contributed by atoms with Crippen molar-refractivity contribution in [3.8, 4) is 0 Å². The van der Waals surface area contributed by atoms with Crippen LogP contribution in [-0.2, 0) is 6.42 Å². The zero-order valence-corrected chi connectivity index (χ0v) is 14.9. The average Bonchev–Trinajstić information content (AvgIpc) is 3.19. The summed E-state index contributed by atoms with van der Waals surface area (Å²) in [5, 5.41) is 5.87. The number of aromatic nitrogens is 1. The van der Waals surface area contributed by atoms with Gasteiger partial charge < -0.3 is 10.6 Å². The van der Waals surface area contributed by atoms with E-state index in [1.165, 1.54) is 5.56 Å². The lowest BCUT2D eigenvalue weighted by atomic mass is 10.1. The highest BCUT2D eigenvalue weighted by Gasteiger charge is 2.19. The first-order chi connectivity index (χ1) is 12.7. The van der Waals surface area contributed by atoms with Crippen LogP contribution in [0.4, 0.5) is 0 Å². The summed E-state index contributed by atoms with van der Waals surface area (Å²) in [5.41, 5.74) is 1.84. The number of aryl methyl sites for hydroxylation is 1. The standard InChI is InChI=1S/C21H25N3O2/c25-20(22-15-7-10-16-8-2-1-3-9-16)18-13-6-14-19(24-18)21(26)23-17-11-4-5-12-17/h1-3,6,8-9,13-14,17H,4-5,7,10-12,15H2,(H,22,25)(H,23,26). The minimum atomic E-state index is -0.242. The summed E-state index contributed by atoms with van der Waals surface area (Å²) in [4.78, 5) is 28.8. The van der Waals surface area contributed by atoms with Gasteiger partial charge >= 0.3 is 0 Å². The Labute approximate surface area is 154 Å². The van der Waals surface area contributed by atoms with Gasteiger partial charge in [-0.25, -0.2) is 4.98 Å². The van der Waals surface area contributed by atoms with Crippen LogP contribution in [0.3, 0.4) is 0 Å². The Kier molecular flexibility index (Phi) is 6.36. The maximum Gasteiger partial charge on any atom is 0.270 e. The van der Waals surface area contributed by atoms with Crippen molar-refractivity contribution in [3.63, 3.8) is 0 Å². The van der Waals surface area contributed by atoms with Crippen molar-refractivity contribution in [2.24, 2.45) is 0 Å². The molecule has 1 heterocycles. The van der Waals surface area contributed by atoms with Crippen molar-refractivity contribution in [1.29, 1.82) is 0 Å². The van der Waals surface area contributed by atoms with Gasteiger partial charge in [0.15, 0.2) is 0 Å². The molecule has 0 saturated heterocycles. The van der Waals surface area contributed by atoms with E-state index in [2.05, 4.69) is 27.8 Å². The van der Waals surface area contributed by atoms with Gasteiger partial charge in [0.1, 0.15) is 11.4 Å². The van der Waals surface area contributed by atoms with Crippen molar-refractivity contribution in [2.45, 2.75) is 44.6 Å². The number of amides is 2. The van der Waals surface area contributed by atoms with Crippen LogP contribution in [-0.4, -0.2) is 29.4 Å². The lowest BCUT2D eigenvalue weighted by molar-refractivity contribution is 0.0931. The second kappa shape index (κ2) is 9.13. The molecule has 0 radical (unpaired) electrons. The molecule has 0 bridgehead atoms. The monoisotopic (exact) mass is 351 g/mol. The molecule has 0 atom stereocenters. The molecule has 136 valence electrons. The molecular weight excluding hydrogens is 326 g/mol. The van der Waals surface area contributed by atoms with Gasteiger partial charge in [-0.2, -0.15) is 0 Å². The van der Waals surface area contributed by atoms with Gasteiger partial charge in [-0.15, -0.1) is 0 Å². The van der Waals surface area contributed by atoms with Crippen LogP contribution >= 0.6 is 0 Å². The molecule has 1 aromatic heterocycles. The number of carbonyl (C=O) groups excluding carboxylic acids is 2. The van der Waals surface area contributed by atoms with Crippen molar-refractivity contribution < 1.29 is 9.59 Å². The van der Waals surface area contributed by atoms with Gasteiger partial charge in [-0.3, -0.25) is 9.59 Å². The Morgan fingerprint density at radius 2 is 1.62 bits per heavy atom. The Morgan fingerprint density at radius 1 is 0.923 bits per heavy atom. The molecule has 2 N–H and O–H groups in total. The first-order valence-electron chi connectivity index (χ1n) is 9.32. The predicted octanol–water partition coefficient (Wildman–Crippen LogP) is 3.12. The molecule has 26 heavy (non-hydrogen) atoms. The van der Waals surface area contributed by atoms with Crippen LogP contribution in [0.15, 0.2) is 48.5 Å². The summed E-state index contributed by atoms with van der Waals surface area (Å²) in [6.07, 6.45) is 6.13. The lowest BCUT2D eigenvalue weighted by Gasteiger charge is -2.12. The lowest BCUT2D eigenvalue weighted by Crippen LogP contribution is -2.33. The van der Waals surface area contributed by atoms with E-state index in [9.17, 15) is 9.59 Å². The van der Waals surface area contributed by atoms with Crippen LogP contribution in [0.5, 0.6) is 0 Å². The number of benzene rings is 1. The van der Waals surface area contributed by atoms with Gasteiger partial charge in [-0.05, 0) is 43.4 Å². The molecule has 1 aromatic carbocycles. The molecule has 2 aromatic rings. The number of nitrogens with one attached hydrogen (secondary N) is 2. The fourth-order valence-electron chi connectivity index (χ4n) is 3.25. The normalized spacial score (nSPS) is 14.2. The molecule has 0 unspecified atom stereocenters. The third kappa shape index (κ3) is 5.15. The second-order valence-electron chi connectivity index (χ2n) is 6.71. The Balaban J connectivity index is 1.48. The number of pyridine rings is 1. The molecule has 0 aliphatic heterocycles. The highest BCUT2D eigenvalue weighted by molar-refractivity contribution is 5.96. The predicted molar refractivity (Wildman–Crippen MR) is 101 cm³/mol. The van der Waals surface area contributed by atoms with Gasteiger partial charge in [-0.1, -0.05) is 49.2 Å². The van der Waals surface area contributed by atoms with Crippen LogP contribution in [0, 0.1) is 0 Å². The van der Waals surface area contributed by atoms with E-state index < -0.39 is 0 Å². The van der Waals surface area contributed by atoms with Crippen LogP contribution in [0.2, 0.25) is 0 Å². The van der Waals surface area contributed by atoms with Gasteiger partial charge in [0.05, 0.1) is 0 Å². The summed E-state index contributed by atoms with van der Waals surface area (Å²) in [6, 6.07) is 15.4. The summed E-state index contributed by atoms with van der Waals surface area (Å²) in [7, 11) is 0. The molecule has 2 amide bonds. The van der Waals surface area contributed by atoms with Crippen LogP contribution < -0.4 is 10.6 Å². The minimum absolute atomic E-state index is 0.198. The SMILES string of the molecule is O=C(NCCCc1ccccc1)c1cccc(C(=O)NC2CCCC2)n1. The Hall–Kier alpha value is -2.69. The van der Waals surface area contributed by atoms with Crippen molar-refractivity contribution in [2.75, 3.05) is 6.54 Å². The molecule has 1 saturated carbocycles. The number of nitrogens with zero attached hydrogens (tertiary/aromatic N) is 1. The minimum Gasteiger partial charge on any atom is -0.351 e. The molecule has 5 heteroatoms. The largest absolute Gasteiger partial charge is 0.351 e. The Bertz CT molecular complexity index is 740. The molecular formula is C21H25N3O2. The third-order valence-electron chi connectivity index (χ3n) is 4.68. The topological polar surface area (TPSA) is 71.1 Å². The molecule has 1 fully saturated rings. The summed E-state index contributed by atoms with van der Waals surface area (Å²) in [5.74, 6) is -0.441. The highest BCUT2D eigenvalue weighted by Crippen LogP contribution is 2.18. The van der Waals surface area contributed by atoms with E-state index in [1.807, 2.05) is 18.2 Å². The number of hydrogen-bond acceptors (Lipinski definition) is 3. The maximum absolute atomic E-state index is 12.3. The van der Waals surface area contributed by atoms with Gasteiger partial charge in [0.2, 0.25) is 0 Å². The second-order valence-corrected chi connectivity index (χ2v) is 6.71. The molecule has 1 aliphatic carbocycles. The average molecular weight is 351 g/mol. The zero-order chi connectivity index (χ0) is 18.2. The van der Waals surface area contributed by atoms with Crippen LogP contribution in [0.25, 0.3) is 0 Å². The fraction of sp³-hybridized carbons (Fsp3) is 0.381. The molecule has 0 spiro atoms. The van der Waals surface area contributed by atoms with E-state index in [4.69, 9.17) is 0 Å². The van der Waals surface area contributed by atoms with Gasteiger partial charge in [0, 0.05) is 12.6 Å². The third-order valence-corrected chi connectivity index (χ3v) is 4.68. The van der Waals surface area contributed by atoms with Gasteiger partial charge in [0.25, 0.3) is 11.8 Å². The van der Waals surface area contributed by atoms with E-state index in [1.54, 1.807) is 18.2 Å². The smallest absolute Gasteiger partial charge is 0.270 e. The first-order valence-corrected chi connectivity index (χ1v) is 9.32. The quantitative estimate of drug-likeness (QED) is 0.753.